The molecule has 0 spiro atoms. The quantitative estimate of drug-likeness (QED) is 0.258. The van der Waals surface area contributed by atoms with E-state index in [4.69, 9.17) is 26.3 Å². The molecule has 0 bridgehead atoms. The number of likely N-dealkylation sites (tertiary alicyclic amines) is 1. The number of ether oxygens (including phenoxy) is 1. The number of likely N-dealkylation sites (N-methyl/N-ethyl adjacent to an activating group) is 1. The predicted molar refractivity (Wildman–Crippen MR) is 180 cm³/mol. The molecular weight excluding hydrogens is 616 g/mol. The first-order valence-corrected chi connectivity index (χ1v) is 16.4. The third kappa shape index (κ3) is 6.08. The molecule has 3 aliphatic rings. The SMILES string of the molecule is C=C(C(=O)N1CCN(c2nc(OC[C@@H]3CCCN3C)nc3c2CCN(c2cccc4cccc(Cl)c24)C3)C[C@@H]1CC#N)n1ccnn1. The molecule has 0 radical (unpaired) electrons. The molecule has 0 N–H and O–H groups in total. The Bertz CT molecular complexity index is 1840. The van der Waals surface area contributed by atoms with Crippen LogP contribution < -0.4 is 14.5 Å². The van der Waals surface area contributed by atoms with E-state index in [1.165, 1.54) is 10.9 Å². The van der Waals surface area contributed by atoms with Gasteiger partial charge >= 0.3 is 6.01 Å². The molecule has 242 valence electrons. The number of anilines is 2. The zero-order valence-electron chi connectivity index (χ0n) is 26.4. The number of piperazine rings is 1. The highest BCUT2D eigenvalue weighted by Crippen LogP contribution is 2.37. The first-order valence-electron chi connectivity index (χ1n) is 16.0. The number of fused-ring (bicyclic) bond motifs is 2. The van der Waals surface area contributed by atoms with Crippen LogP contribution in [0.25, 0.3) is 16.5 Å². The average Bonchev–Trinajstić information content (AvgIpc) is 3.78. The Balaban J connectivity index is 1.20. The van der Waals surface area contributed by atoms with Gasteiger partial charge < -0.3 is 24.3 Å². The van der Waals surface area contributed by atoms with Crippen molar-refractivity contribution in [2.24, 2.45) is 0 Å². The number of nitriles is 1. The Morgan fingerprint density at radius 2 is 1.96 bits per heavy atom. The summed E-state index contributed by atoms with van der Waals surface area (Å²) in [5.41, 5.74) is 3.25. The first kappa shape index (κ1) is 30.9. The van der Waals surface area contributed by atoms with Gasteiger partial charge in [-0.25, -0.2) is 4.68 Å². The van der Waals surface area contributed by atoms with Crippen LogP contribution in [0.1, 0.15) is 30.5 Å². The molecule has 13 heteroatoms. The molecule has 0 saturated carbocycles. The number of carbonyl (C=O) groups excluding carboxylic acids is 1. The highest BCUT2D eigenvalue weighted by atomic mass is 35.5. The van der Waals surface area contributed by atoms with Gasteiger partial charge in [0.2, 0.25) is 0 Å². The lowest BCUT2D eigenvalue weighted by Gasteiger charge is -2.42. The van der Waals surface area contributed by atoms with Crippen LogP contribution in [0.5, 0.6) is 6.01 Å². The minimum Gasteiger partial charge on any atom is -0.462 e. The van der Waals surface area contributed by atoms with Gasteiger partial charge in [-0.2, -0.15) is 15.2 Å². The lowest BCUT2D eigenvalue weighted by molar-refractivity contribution is -0.128. The Morgan fingerprint density at radius 3 is 2.72 bits per heavy atom. The van der Waals surface area contributed by atoms with Crippen LogP contribution in [-0.4, -0.2) is 99.1 Å². The minimum atomic E-state index is -0.360. The molecule has 4 aromatic rings. The monoisotopic (exact) mass is 652 g/mol. The first-order chi connectivity index (χ1) is 22.9. The summed E-state index contributed by atoms with van der Waals surface area (Å²) in [7, 11) is 2.13. The zero-order valence-corrected chi connectivity index (χ0v) is 27.2. The number of halogens is 1. The lowest BCUT2D eigenvalue weighted by atomic mass is 10.0. The minimum absolute atomic E-state index is 0.174. The molecule has 2 fully saturated rings. The van der Waals surface area contributed by atoms with Crippen LogP contribution in [0.2, 0.25) is 5.02 Å². The van der Waals surface area contributed by atoms with Gasteiger partial charge in [-0.3, -0.25) is 4.79 Å². The summed E-state index contributed by atoms with van der Waals surface area (Å²) in [6, 6.07) is 14.8. The molecule has 0 aliphatic carbocycles. The number of amides is 1. The van der Waals surface area contributed by atoms with E-state index in [-0.39, 0.29) is 24.1 Å². The molecule has 2 aromatic carbocycles. The molecule has 3 aliphatic heterocycles. The van der Waals surface area contributed by atoms with E-state index in [2.05, 4.69) is 69.0 Å². The smallest absolute Gasteiger partial charge is 0.318 e. The fourth-order valence-electron chi connectivity index (χ4n) is 7.03. The Kier molecular flexibility index (Phi) is 8.66. The van der Waals surface area contributed by atoms with Crippen molar-refractivity contribution in [3.05, 3.63) is 71.7 Å². The second-order valence-electron chi connectivity index (χ2n) is 12.4. The van der Waals surface area contributed by atoms with Crippen molar-refractivity contribution in [3.8, 4) is 12.1 Å². The summed E-state index contributed by atoms with van der Waals surface area (Å²) < 4.78 is 7.68. The van der Waals surface area contributed by atoms with Crippen LogP contribution in [0.15, 0.2) is 55.4 Å². The van der Waals surface area contributed by atoms with E-state index in [1.807, 2.05) is 12.1 Å². The van der Waals surface area contributed by atoms with Crippen molar-refractivity contribution >= 4 is 45.5 Å². The summed E-state index contributed by atoms with van der Waals surface area (Å²) in [5, 5.41) is 20.3. The second-order valence-corrected chi connectivity index (χ2v) is 12.8. The molecule has 1 amide bonds. The van der Waals surface area contributed by atoms with Crippen LogP contribution in [0.4, 0.5) is 11.5 Å². The average molecular weight is 653 g/mol. The molecule has 5 heterocycles. The molecule has 7 rings (SSSR count). The van der Waals surface area contributed by atoms with Crippen molar-refractivity contribution in [2.75, 3.05) is 56.2 Å². The number of benzene rings is 2. The Morgan fingerprint density at radius 1 is 1.11 bits per heavy atom. The Labute approximate surface area is 278 Å². The topological polar surface area (TPSA) is 120 Å². The normalized spacial score (nSPS) is 19.9. The summed E-state index contributed by atoms with van der Waals surface area (Å²) >= 11 is 6.72. The van der Waals surface area contributed by atoms with Gasteiger partial charge in [0.05, 0.1) is 48.2 Å². The van der Waals surface area contributed by atoms with Crippen LogP contribution >= 0.6 is 11.6 Å². The molecule has 12 nitrogen and oxygen atoms in total. The van der Waals surface area contributed by atoms with Crippen molar-refractivity contribution in [2.45, 2.75) is 44.3 Å². The predicted octanol–water partition coefficient (Wildman–Crippen LogP) is 4.01. The van der Waals surface area contributed by atoms with Crippen LogP contribution in [-0.2, 0) is 17.8 Å². The maximum atomic E-state index is 13.5. The highest BCUT2D eigenvalue weighted by molar-refractivity contribution is 6.36. The summed E-state index contributed by atoms with van der Waals surface area (Å²) in [6.45, 7) is 8.24. The van der Waals surface area contributed by atoms with Crippen LogP contribution in [0.3, 0.4) is 0 Å². The van der Waals surface area contributed by atoms with Gasteiger partial charge in [0.1, 0.15) is 18.1 Å². The largest absolute Gasteiger partial charge is 0.462 e. The van der Waals surface area contributed by atoms with E-state index in [1.54, 1.807) is 11.1 Å². The highest BCUT2D eigenvalue weighted by Gasteiger charge is 2.35. The standard InChI is InChI=1S/C34H37ClN10O2/c1-23(45-17-14-37-40-45)33(46)44-19-18-43(20-25(44)11-13-36)32-27-12-16-42(30-10-4-7-24-6-3-9-28(35)31(24)30)21-29(27)38-34(39-32)47-22-26-8-5-15-41(26)2/h3-4,6-7,9-10,14,17,25-26H,1,5,8,11-12,15-16,18-22H2,2H3/t25-,26-/m0/s1. The van der Waals surface area contributed by atoms with Gasteiger partial charge in [-0.1, -0.05) is 47.7 Å². The van der Waals surface area contributed by atoms with Gasteiger partial charge in [0.25, 0.3) is 5.91 Å². The summed E-state index contributed by atoms with van der Waals surface area (Å²) in [6.07, 6.45) is 6.21. The van der Waals surface area contributed by atoms with Crippen LogP contribution in [0, 0.1) is 11.3 Å². The maximum absolute atomic E-state index is 13.5. The molecule has 47 heavy (non-hydrogen) atoms. The van der Waals surface area contributed by atoms with Crippen molar-refractivity contribution < 1.29 is 9.53 Å². The Hall–Kier alpha value is -4.73. The summed E-state index contributed by atoms with van der Waals surface area (Å²) in [4.78, 5) is 32.0. The van der Waals surface area contributed by atoms with E-state index in [9.17, 15) is 10.1 Å². The molecule has 2 saturated heterocycles. The van der Waals surface area contributed by atoms with Gasteiger partial charge in [0, 0.05) is 48.9 Å². The number of aromatic nitrogens is 5. The zero-order chi connectivity index (χ0) is 32.5. The van der Waals surface area contributed by atoms with E-state index in [0.717, 1.165) is 70.9 Å². The number of nitrogens with zero attached hydrogens (tertiary/aromatic N) is 10. The number of carbonyl (C=O) groups is 1. The number of rotatable bonds is 8. The van der Waals surface area contributed by atoms with E-state index >= 15 is 0 Å². The fraction of sp³-hybridized carbons (Fsp3) is 0.412. The van der Waals surface area contributed by atoms with E-state index in [0.29, 0.717) is 44.8 Å². The van der Waals surface area contributed by atoms with Gasteiger partial charge in [-0.05, 0) is 50.4 Å². The van der Waals surface area contributed by atoms with Crippen molar-refractivity contribution in [1.82, 2.24) is 34.8 Å². The lowest BCUT2D eigenvalue weighted by Crippen LogP contribution is -2.56. The molecular formula is C34H37ClN10O2. The molecule has 2 atom stereocenters. The third-order valence-corrected chi connectivity index (χ3v) is 9.90. The van der Waals surface area contributed by atoms with E-state index < -0.39 is 0 Å². The fourth-order valence-corrected chi connectivity index (χ4v) is 7.31. The van der Waals surface area contributed by atoms with Crippen molar-refractivity contribution in [3.63, 3.8) is 0 Å². The van der Waals surface area contributed by atoms with Gasteiger partial charge in [-0.15, -0.1) is 5.10 Å². The summed E-state index contributed by atoms with van der Waals surface area (Å²) in [5.74, 6) is 0.541. The number of hydrogen-bond donors (Lipinski definition) is 0. The maximum Gasteiger partial charge on any atom is 0.318 e. The second kappa shape index (κ2) is 13.2. The van der Waals surface area contributed by atoms with Gasteiger partial charge in [0.15, 0.2) is 0 Å². The third-order valence-electron chi connectivity index (χ3n) is 9.59. The number of hydrogen-bond acceptors (Lipinski definition) is 10. The molecule has 2 aromatic heterocycles. The molecule has 0 unspecified atom stereocenters. The van der Waals surface area contributed by atoms with Crippen molar-refractivity contribution in [1.29, 1.82) is 5.26 Å².